The molecule has 0 radical (unpaired) electrons. The fraction of sp³-hybridized carbons (Fsp3) is 0.158. The van der Waals surface area contributed by atoms with Gasteiger partial charge in [-0.25, -0.2) is 9.67 Å². The van der Waals surface area contributed by atoms with Gasteiger partial charge in [0.25, 0.3) is 0 Å². The van der Waals surface area contributed by atoms with Crippen LogP contribution in [0.5, 0.6) is 0 Å². The van der Waals surface area contributed by atoms with Crippen molar-refractivity contribution in [3.05, 3.63) is 58.6 Å². The number of amides is 1. The van der Waals surface area contributed by atoms with Crippen LogP contribution >= 0.6 is 46.7 Å². The molecule has 0 aliphatic heterocycles. The highest BCUT2D eigenvalue weighted by Gasteiger charge is 2.19. The number of hydrogen-bond acceptors (Lipinski definition) is 7. The summed E-state index contributed by atoms with van der Waals surface area (Å²) < 4.78 is 4.26. The number of carbonyl (C=O) groups is 1. The summed E-state index contributed by atoms with van der Waals surface area (Å²) in [4.78, 5) is 19.1. The zero-order valence-corrected chi connectivity index (χ0v) is 18.2. The van der Waals surface area contributed by atoms with Gasteiger partial charge in [0.1, 0.15) is 0 Å². The van der Waals surface area contributed by atoms with Crippen LogP contribution in [0.1, 0.15) is 6.92 Å². The number of aromatic nitrogens is 3. The second-order valence-electron chi connectivity index (χ2n) is 5.77. The number of carbonyl (C=O) groups excluding carboxylic acids is 1. The Labute approximate surface area is 179 Å². The topological polar surface area (TPSA) is 51.0 Å². The van der Waals surface area contributed by atoms with Gasteiger partial charge in [-0.2, -0.15) is 0 Å². The molecule has 4 aromatic rings. The SMILES string of the molecule is CCN(C(=O)CSc1nn(-c2ccccc2)c(=S)s1)c1nc2ccccc2s1. The molecule has 2 aromatic carbocycles. The molecule has 9 heteroatoms. The van der Waals surface area contributed by atoms with E-state index in [2.05, 4.69) is 10.1 Å². The first kappa shape index (κ1) is 19.3. The molecule has 0 N–H and O–H groups in total. The predicted molar refractivity (Wildman–Crippen MR) is 121 cm³/mol. The summed E-state index contributed by atoms with van der Waals surface area (Å²) in [7, 11) is 0. The van der Waals surface area contributed by atoms with Gasteiger partial charge in [-0.1, -0.05) is 64.8 Å². The van der Waals surface area contributed by atoms with Crippen molar-refractivity contribution in [2.75, 3.05) is 17.2 Å². The molecule has 0 aliphatic rings. The van der Waals surface area contributed by atoms with Gasteiger partial charge >= 0.3 is 0 Å². The molecule has 142 valence electrons. The second kappa shape index (κ2) is 8.52. The van der Waals surface area contributed by atoms with Crippen LogP contribution in [0.2, 0.25) is 0 Å². The van der Waals surface area contributed by atoms with Crippen molar-refractivity contribution in [2.45, 2.75) is 11.3 Å². The Hall–Kier alpha value is -2.07. The van der Waals surface area contributed by atoms with E-state index >= 15 is 0 Å². The number of hydrogen-bond donors (Lipinski definition) is 0. The molecule has 0 saturated heterocycles. The number of anilines is 1. The number of para-hydroxylation sites is 2. The summed E-state index contributed by atoms with van der Waals surface area (Å²) in [6.07, 6.45) is 0. The van der Waals surface area contributed by atoms with Gasteiger partial charge < -0.3 is 0 Å². The van der Waals surface area contributed by atoms with E-state index in [9.17, 15) is 4.79 Å². The molecule has 2 heterocycles. The first-order valence-corrected chi connectivity index (χ1v) is 11.6. The lowest BCUT2D eigenvalue weighted by molar-refractivity contribution is -0.116. The summed E-state index contributed by atoms with van der Waals surface area (Å²) in [5.74, 6) is 0.305. The van der Waals surface area contributed by atoms with Crippen LogP contribution in [0.3, 0.4) is 0 Å². The lowest BCUT2D eigenvalue weighted by Gasteiger charge is -2.16. The summed E-state index contributed by atoms with van der Waals surface area (Å²) in [5.41, 5.74) is 1.84. The van der Waals surface area contributed by atoms with Crippen molar-refractivity contribution in [3.63, 3.8) is 0 Å². The van der Waals surface area contributed by atoms with E-state index in [1.807, 2.05) is 61.5 Å². The van der Waals surface area contributed by atoms with Crippen molar-refractivity contribution in [3.8, 4) is 5.69 Å². The van der Waals surface area contributed by atoms with Crippen LogP contribution < -0.4 is 4.90 Å². The Morgan fingerprint density at radius 3 is 2.64 bits per heavy atom. The highest BCUT2D eigenvalue weighted by atomic mass is 32.2. The third-order valence-corrected chi connectivity index (χ3v) is 7.39. The molecule has 0 saturated carbocycles. The maximum absolute atomic E-state index is 12.8. The molecular weight excluding hydrogens is 429 g/mol. The largest absolute Gasteiger partial charge is 0.288 e. The minimum Gasteiger partial charge on any atom is -0.288 e. The summed E-state index contributed by atoms with van der Waals surface area (Å²) in [5, 5.41) is 5.29. The normalized spacial score (nSPS) is 11.0. The lowest BCUT2D eigenvalue weighted by Crippen LogP contribution is -2.32. The Balaban J connectivity index is 1.48. The maximum Gasteiger partial charge on any atom is 0.239 e. The van der Waals surface area contributed by atoms with E-state index in [1.165, 1.54) is 34.4 Å². The fourth-order valence-corrected chi connectivity index (χ4v) is 5.93. The highest BCUT2D eigenvalue weighted by molar-refractivity contribution is 8.01. The van der Waals surface area contributed by atoms with Crippen LogP contribution in [-0.2, 0) is 4.79 Å². The third-order valence-electron chi connectivity index (χ3n) is 3.98. The quantitative estimate of drug-likeness (QED) is 0.294. The molecule has 0 bridgehead atoms. The van der Waals surface area contributed by atoms with E-state index in [-0.39, 0.29) is 5.91 Å². The number of nitrogens with zero attached hydrogens (tertiary/aromatic N) is 4. The minimum atomic E-state index is 0.0129. The Bertz CT molecular complexity index is 1130. The molecule has 2 aromatic heterocycles. The zero-order valence-electron chi connectivity index (χ0n) is 14.9. The first-order chi connectivity index (χ1) is 13.7. The van der Waals surface area contributed by atoms with Crippen LogP contribution in [0.15, 0.2) is 58.9 Å². The Morgan fingerprint density at radius 2 is 1.89 bits per heavy atom. The smallest absolute Gasteiger partial charge is 0.239 e. The van der Waals surface area contributed by atoms with E-state index in [0.717, 1.165) is 25.4 Å². The summed E-state index contributed by atoms with van der Waals surface area (Å²) >= 11 is 9.78. The van der Waals surface area contributed by atoms with E-state index in [4.69, 9.17) is 12.2 Å². The lowest BCUT2D eigenvalue weighted by atomic mass is 10.3. The second-order valence-corrected chi connectivity index (χ2v) is 9.63. The predicted octanol–water partition coefficient (Wildman–Crippen LogP) is 5.42. The molecule has 5 nitrogen and oxygen atoms in total. The van der Waals surface area contributed by atoms with Gasteiger partial charge in [0.2, 0.25) is 5.91 Å². The highest BCUT2D eigenvalue weighted by Crippen LogP contribution is 2.30. The fourth-order valence-electron chi connectivity index (χ4n) is 2.65. The first-order valence-electron chi connectivity index (χ1n) is 8.60. The van der Waals surface area contributed by atoms with E-state index in [0.29, 0.717) is 16.3 Å². The molecule has 1 amide bonds. The Kier molecular flexibility index (Phi) is 5.86. The molecule has 0 fully saturated rings. The minimum absolute atomic E-state index is 0.0129. The van der Waals surface area contributed by atoms with E-state index in [1.54, 1.807) is 9.58 Å². The molecule has 0 spiro atoms. The maximum atomic E-state index is 12.8. The molecule has 0 aliphatic carbocycles. The number of fused-ring (bicyclic) bond motifs is 1. The molecule has 0 atom stereocenters. The third kappa shape index (κ3) is 4.02. The average Bonchev–Trinajstić information content (AvgIpc) is 3.31. The zero-order chi connectivity index (χ0) is 19.5. The monoisotopic (exact) mass is 444 g/mol. The van der Waals surface area contributed by atoms with Gasteiger partial charge in [0.15, 0.2) is 13.4 Å². The van der Waals surface area contributed by atoms with Crippen LogP contribution in [0.4, 0.5) is 5.13 Å². The van der Waals surface area contributed by atoms with Crippen molar-refractivity contribution >= 4 is 67.9 Å². The van der Waals surface area contributed by atoms with Gasteiger partial charge in [0, 0.05) is 6.54 Å². The van der Waals surface area contributed by atoms with Gasteiger partial charge in [-0.3, -0.25) is 9.69 Å². The van der Waals surface area contributed by atoms with Crippen LogP contribution in [0.25, 0.3) is 15.9 Å². The molecule has 0 unspecified atom stereocenters. The summed E-state index contributed by atoms with van der Waals surface area (Å²) in [6, 6.07) is 17.7. The molecular formula is C19H16N4OS4. The molecule has 4 rings (SSSR count). The molecule has 28 heavy (non-hydrogen) atoms. The number of thioether (sulfide) groups is 1. The van der Waals surface area contributed by atoms with Gasteiger partial charge in [0.05, 0.1) is 21.7 Å². The van der Waals surface area contributed by atoms with Gasteiger partial charge in [-0.15, -0.1) is 5.10 Å². The van der Waals surface area contributed by atoms with Crippen LogP contribution in [0, 0.1) is 3.95 Å². The van der Waals surface area contributed by atoms with Crippen molar-refractivity contribution < 1.29 is 4.79 Å². The number of thiazole rings is 1. The Morgan fingerprint density at radius 1 is 1.14 bits per heavy atom. The van der Waals surface area contributed by atoms with Crippen molar-refractivity contribution in [2.24, 2.45) is 0 Å². The van der Waals surface area contributed by atoms with Crippen LogP contribution in [-0.4, -0.2) is 33.0 Å². The average molecular weight is 445 g/mol. The van der Waals surface area contributed by atoms with Crippen molar-refractivity contribution in [1.29, 1.82) is 0 Å². The standard InChI is InChI=1S/C19H16N4OS4/c1-2-22(17-20-14-10-6-7-11-15(14)27-17)16(24)12-26-18-21-23(19(25)28-18)13-8-4-3-5-9-13/h3-11H,2,12H2,1H3. The van der Waals surface area contributed by atoms with E-state index < -0.39 is 0 Å². The van der Waals surface area contributed by atoms with Gasteiger partial charge in [-0.05, 0) is 43.4 Å². The van der Waals surface area contributed by atoms with Crippen molar-refractivity contribution in [1.82, 2.24) is 14.8 Å². The summed E-state index contributed by atoms with van der Waals surface area (Å²) in [6.45, 7) is 2.54. The number of rotatable bonds is 6. The number of benzene rings is 2.